The second-order valence-corrected chi connectivity index (χ2v) is 5.69. The zero-order valence-corrected chi connectivity index (χ0v) is 12.2. The van der Waals surface area contributed by atoms with Gasteiger partial charge in [0.15, 0.2) is 0 Å². The topological polar surface area (TPSA) is 43.1 Å². The highest BCUT2D eigenvalue weighted by Crippen LogP contribution is 2.33. The summed E-state index contributed by atoms with van der Waals surface area (Å²) in [5, 5.41) is 17.9. The average molecular weight is 308 g/mol. The molecule has 0 N–H and O–H groups in total. The molecule has 0 bridgehead atoms. The molecule has 0 spiro atoms. The Morgan fingerprint density at radius 1 is 0.727 bits per heavy atom. The monoisotopic (exact) mass is 307 g/mol. The van der Waals surface area contributed by atoms with Crippen molar-refractivity contribution in [2.75, 3.05) is 0 Å². The van der Waals surface area contributed by atoms with Gasteiger partial charge in [0.05, 0.1) is 4.92 Å². The molecule has 0 heterocycles. The zero-order valence-electron chi connectivity index (χ0n) is 11.4. The van der Waals surface area contributed by atoms with Gasteiger partial charge in [-0.05, 0) is 50.5 Å². The Labute approximate surface area is 130 Å². The maximum Gasteiger partial charge on any atom is 0.270 e. The van der Waals surface area contributed by atoms with Gasteiger partial charge < -0.3 is 0 Å². The quantitative estimate of drug-likeness (QED) is 0.257. The molecule has 0 saturated heterocycles. The summed E-state index contributed by atoms with van der Waals surface area (Å²) in [6.45, 7) is 0. The van der Waals surface area contributed by atoms with Crippen LogP contribution in [0, 0.1) is 10.1 Å². The van der Waals surface area contributed by atoms with E-state index in [2.05, 4.69) is 0 Å². The first kappa shape index (κ1) is 13.0. The summed E-state index contributed by atoms with van der Waals surface area (Å²) in [5.74, 6) is 0. The van der Waals surface area contributed by atoms with E-state index in [0.717, 1.165) is 32.3 Å². The molecule has 4 rings (SSSR count). The Morgan fingerprint density at radius 3 is 1.91 bits per heavy atom. The molecule has 0 aliphatic rings. The summed E-state index contributed by atoms with van der Waals surface area (Å²) >= 11 is 6.05. The Bertz CT molecular complexity index is 1070. The molecule has 0 unspecified atom stereocenters. The maximum atomic E-state index is 10.9. The molecule has 4 aromatic carbocycles. The largest absolute Gasteiger partial charge is 0.270 e. The Morgan fingerprint density at radius 2 is 1.27 bits per heavy atom. The van der Waals surface area contributed by atoms with E-state index >= 15 is 0 Å². The summed E-state index contributed by atoms with van der Waals surface area (Å²) in [5.41, 5.74) is 0.111. The standard InChI is InChI=1S/C18H10ClNO2/c19-13-3-7-15-11(9-13)1-5-18-16-8-4-14(20(21)22)10-12(16)2-6-17(15)18/h1-10H. The van der Waals surface area contributed by atoms with Crippen LogP contribution in [0.5, 0.6) is 0 Å². The van der Waals surface area contributed by atoms with Crippen molar-refractivity contribution in [1.29, 1.82) is 0 Å². The lowest BCUT2D eigenvalue weighted by molar-refractivity contribution is -0.384. The Kier molecular flexibility index (Phi) is 2.78. The third-order valence-electron chi connectivity index (χ3n) is 3.99. The predicted octanol–water partition coefficient (Wildman–Crippen LogP) is 5.71. The smallest absolute Gasteiger partial charge is 0.258 e. The molecule has 0 aliphatic carbocycles. The number of hydrogen-bond acceptors (Lipinski definition) is 2. The summed E-state index contributed by atoms with van der Waals surface area (Å²) in [7, 11) is 0. The number of benzene rings is 4. The van der Waals surface area contributed by atoms with Crippen LogP contribution in [0.2, 0.25) is 5.02 Å². The van der Waals surface area contributed by atoms with Crippen LogP contribution in [0.1, 0.15) is 0 Å². The van der Waals surface area contributed by atoms with Gasteiger partial charge in [-0.25, -0.2) is 0 Å². The summed E-state index contributed by atoms with van der Waals surface area (Å²) in [4.78, 5) is 10.5. The Hall–Kier alpha value is -2.65. The summed E-state index contributed by atoms with van der Waals surface area (Å²) in [6, 6.07) is 18.8. The van der Waals surface area contributed by atoms with E-state index in [1.54, 1.807) is 12.1 Å². The molecule has 0 radical (unpaired) electrons. The first-order valence-corrected chi connectivity index (χ1v) is 7.20. The minimum absolute atomic E-state index is 0.111. The van der Waals surface area contributed by atoms with Crippen LogP contribution >= 0.6 is 11.6 Å². The molecule has 3 nitrogen and oxygen atoms in total. The van der Waals surface area contributed by atoms with Crippen LogP contribution in [0.3, 0.4) is 0 Å². The number of hydrogen-bond donors (Lipinski definition) is 0. The molecular formula is C18H10ClNO2. The third kappa shape index (κ3) is 1.90. The number of nitro benzene ring substituents is 1. The van der Waals surface area contributed by atoms with Gasteiger partial charge in [0, 0.05) is 17.2 Å². The second-order valence-electron chi connectivity index (χ2n) is 5.25. The van der Waals surface area contributed by atoms with Crippen molar-refractivity contribution >= 4 is 49.6 Å². The van der Waals surface area contributed by atoms with Crippen molar-refractivity contribution in [1.82, 2.24) is 0 Å². The van der Waals surface area contributed by atoms with Gasteiger partial charge in [-0.15, -0.1) is 0 Å². The van der Waals surface area contributed by atoms with Gasteiger partial charge in [0.25, 0.3) is 5.69 Å². The molecule has 0 atom stereocenters. The minimum atomic E-state index is -0.369. The van der Waals surface area contributed by atoms with Gasteiger partial charge in [0.1, 0.15) is 0 Å². The fourth-order valence-electron chi connectivity index (χ4n) is 2.96. The Balaban J connectivity index is 2.12. The summed E-state index contributed by atoms with van der Waals surface area (Å²) < 4.78 is 0. The van der Waals surface area contributed by atoms with E-state index in [4.69, 9.17) is 11.6 Å². The van der Waals surface area contributed by atoms with Crippen molar-refractivity contribution in [2.45, 2.75) is 0 Å². The SMILES string of the molecule is O=[N+]([O-])c1ccc2c(ccc3c4ccc(Cl)cc4ccc23)c1. The highest BCUT2D eigenvalue weighted by molar-refractivity contribution is 6.31. The van der Waals surface area contributed by atoms with Crippen LogP contribution in [0.15, 0.2) is 60.7 Å². The van der Waals surface area contributed by atoms with E-state index in [1.807, 2.05) is 48.5 Å². The lowest BCUT2D eigenvalue weighted by Crippen LogP contribution is -1.88. The first-order valence-electron chi connectivity index (χ1n) is 6.83. The normalized spacial score (nSPS) is 11.3. The highest BCUT2D eigenvalue weighted by Gasteiger charge is 2.09. The molecule has 4 aromatic rings. The van der Waals surface area contributed by atoms with Gasteiger partial charge in [0.2, 0.25) is 0 Å². The maximum absolute atomic E-state index is 10.9. The molecule has 0 saturated carbocycles. The first-order chi connectivity index (χ1) is 10.6. The lowest BCUT2D eigenvalue weighted by atomic mass is 9.97. The number of fused-ring (bicyclic) bond motifs is 5. The lowest BCUT2D eigenvalue weighted by Gasteiger charge is -2.08. The number of nitrogens with zero attached hydrogens (tertiary/aromatic N) is 1. The van der Waals surface area contributed by atoms with Crippen LogP contribution in [0.25, 0.3) is 32.3 Å². The fraction of sp³-hybridized carbons (Fsp3) is 0. The van der Waals surface area contributed by atoms with Gasteiger partial charge >= 0.3 is 0 Å². The summed E-state index contributed by atoms with van der Waals surface area (Å²) in [6.07, 6.45) is 0. The average Bonchev–Trinajstić information content (AvgIpc) is 2.53. The van der Waals surface area contributed by atoms with Crippen molar-refractivity contribution in [2.24, 2.45) is 0 Å². The zero-order chi connectivity index (χ0) is 15.3. The molecule has 0 aromatic heterocycles. The fourth-order valence-corrected chi connectivity index (χ4v) is 3.14. The van der Waals surface area contributed by atoms with Crippen LogP contribution in [-0.4, -0.2) is 4.92 Å². The van der Waals surface area contributed by atoms with Crippen LogP contribution in [-0.2, 0) is 0 Å². The van der Waals surface area contributed by atoms with Gasteiger partial charge in [-0.3, -0.25) is 10.1 Å². The van der Waals surface area contributed by atoms with Crippen LogP contribution < -0.4 is 0 Å². The van der Waals surface area contributed by atoms with Gasteiger partial charge in [-0.1, -0.05) is 41.9 Å². The minimum Gasteiger partial charge on any atom is -0.258 e. The van der Waals surface area contributed by atoms with E-state index in [9.17, 15) is 10.1 Å². The third-order valence-corrected chi connectivity index (χ3v) is 4.22. The molecule has 4 heteroatoms. The van der Waals surface area contributed by atoms with Crippen LogP contribution in [0.4, 0.5) is 5.69 Å². The number of rotatable bonds is 1. The van der Waals surface area contributed by atoms with E-state index in [-0.39, 0.29) is 10.6 Å². The molecule has 0 aliphatic heterocycles. The van der Waals surface area contributed by atoms with Crippen molar-refractivity contribution in [3.63, 3.8) is 0 Å². The number of non-ortho nitro benzene ring substituents is 1. The molecule has 22 heavy (non-hydrogen) atoms. The number of nitro groups is 1. The predicted molar refractivity (Wildman–Crippen MR) is 90.6 cm³/mol. The van der Waals surface area contributed by atoms with E-state index in [0.29, 0.717) is 5.02 Å². The van der Waals surface area contributed by atoms with Crippen molar-refractivity contribution in [3.8, 4) is 0 Å². The number of halogens is 1. The molecule has 0 amide bonds. The van der Waals surface area contributed by atoms with E-state index in [1.165, 1.54) is 0 Å². The molecule has 0 fully saturated rings. The van der Waals surface area contributed by atoms with Crippen molar-refractivity contribution in [3.05, 3.63) is 75.8 Å². The molecular weight excluding hydrogens is 298 g/mol. The second kappa shape index (κ2) is 4.68. The highest BCUT2D eigenvalue weighted by atomic mass is 35.5. The van der Waals surface area contributed by atoms with Crippen molar-refractivity contribution < 1.29 is 4.92 Å². The van der Waals surface area contributed by atoms with E-state index < -0.39 is 0 Å². The molecule has 106 valence electrons. The van der Waals surface area contributed by atoms with Gasteiger partial charge in [-0.2, -0.15) is 0 Å².